The fraction of sp³-hybridized carbons (Fsp3) is 0.800. The molecule has 0 aromatic rings. The van der Waals surface area contributed by atoms with Gasteiger partial charge in [-0.25, -0.2) is 0 Å². The SMILES string of the molecule is CCCC(NC(=O)C(NC(=O)CCCCCCCCCO)C(C)CC)C(=O)NC(CC(=O)O)C(N)=O. The van der Waals surface area contributed by atoms with Gasteiger partial charge in [-0.1, -0.05) is 65.7 Å². The maximum Gasteiger partial charge on any atom is 0.305 e. The van der Waals surface area contributed by atoms with Crippen molar-refractivity contribution in [2.24, 2.45) is 11.7 Å². The van der Waals surface area contributed by atoms with E-state index in [0.29, 0.717) is 25.7 Å². The summed E-state index contributed by atoms with van der Waals surface area (Å²) in [7, 11) is 0. The third-order valence-electron chi connectivity index (χ3n) is 6.12. The number of aliphatic hydroxyl groups excluding tert-OH is 1. The smallest absolute Gasteiger partial charge is 0.305 e. The third kappa shape index (κ3) is 14.7. The number of carbonyl (C=O) groups excluding carboxylic acids is 4. The van der Waals surface area contributed by atoms with Crippen molar-refractivity contribution < 1.29 is 34.2 Å². The average Bonchev–Trinajstić information content (AvgIpc) is 2.82. The maximum atomic E-state index is 13.1. The number of hydrogen-bond donors (Lipinski definition) is 6. The first-order chi connectivity index (χ1) is 17.1. The molecular formula is C25H46N4O7. The van der Waals surface area contributed by atoms with Crippen LogP contribution in [0.4, 0.5) is 0 Å². The third-order valence-corrected chi connectivity index (χ3v) is 6.12. The molecule has 4 unspecified atom stereocenters. The first kappa shape index (κ1) is 33.3. The van der Waals surface area contributed by atoms with Gasteiger partial charge in [-0.2, -0.15) is 0 Å². The fourth-order valence-corrected chi connectivity index (χ4v) is 3.72. The molecule has 0 saturated heterocycles. The number of carboxylic acid groups (broad SMARTS) is 1. The molecule has 4 amide bonds. The first-order valence-corrected chi connectivity index (χ1v) is 13.1. The predicted octanol–water partition coefficient (Wildman–Crippen LogP) is 1.36. The van der Waals surface area contributed by atoms with E-state index in [1.807, 2.05) is 20.8 Å². The monoisotopic (exact) mass is 514 g/mol. The summed E-state index contributed by atoms with van der Waals surface area (Å²) in [6.45, 7) is 5.76. The number of primary amides is 1. The van der Waals surface area contributed by atoms with E-state index in [4.69, 9.17) is 15.9 Å². The molecule has 0 aromatic heterocycles. The van der Waals surface area contributed by atoms with E-state index in [2.05, 4.69) is 16.0 Å². The highest BCUT2D eigenvalue weighted by atomic mass is 16.4. The van der Waals surface area contributed by atoms with Crippen LogP contribution in [-0.2, 0) is 24.0 Å². The van der Waals surface area contributed by atoms with Crippen molar-refractivity contribution in [3.63, 3.8) is 0 Å². The van der Waals surface area contributed by atoms with Gasteiger partial charge in [0.2, 0.25) is 23.6 Å². The van der Waals surface area contributed by atoms with E-state index >= 15 is 0 Å². The van der Waals surface area contributed by atoms with E-state index in [9.17, 15) is 24.0 Å². The summed E-state index contributed by atoms with van der Waals surface area (Å²) in [4.78, 5) is 60.8. The second-order valence-corrected chi connectivity index (χ2v) is 9.29. The van der Waals surface area contributed by atoms with Gasteiger partial charge in [0, 0.05) is 13.0 Å². The van der Waals surface area contributed by atoms with E-state index in [1.165, 1.54) is 0 Å². The van der Waals surface area contributed by atoms with E-state index in [-0.39, 0.29) is 24.9 Å². The fourth-order valence-electron chi connectivity index (χ4n) is 3.72. The molecule has 11 nitrogen and oxygen atoms in total. The van der Waals surface area contributed by atoms with Crippen LogP contribution in [0.15, 0.2) is 0 Å². The number of nitrogens with two attached hydrogens (primary N) is 1. The zero-order chi connectivity index (χ0) is 27.5. The highest BCUT2D eigenvalue weighted by molar-refractivity contribution is 5.95. The summed E-state index contributed by atoms with van der Waals surface area (Å²) < 4.78 is 0. The van der Waals surface area contributed by atoms with Crippen LogP contribution >= 0.6 is 0 Å². The molecule has 0 heterocycles. The molecule has 0 rings (SSSR count). The molecule has 0 aliphatic heterocycles. The lowest BCUT2D eigenvalue weighted by Crippen LogP contribution is -2.57. The summed E-state index contributed by atoms with van der Waals surface area (Å²) in [6, 6.07) is -3.24. The summed E-state index contributed by atoms with van der Waals surface area (Å²) in [5, 5.41) is 25.5. The summed E-state index contributed by atoms with van der Waals surface area (Å²) >= 11 is 0. The Labute approximate surface area is 214 Å². The largest absolute Gasteiger partial charge is 0.481 e. The van der Waals surface area contributed by atoms with Crippen LogP contribution in [0.25, 0.3) is 0 Å². The van der Waals surface area contributed by atoms with Crippen molar-refractivity contribution in [2.75, 3.05) is 6.61 Å². The second kappa shape index (κ2) is 19.5. The number of carboxylic acids is 1. The predicted molar refractivity (Wildman–Crippen MR) is 136 cm³/mol. The standard InChI is InChI=1S/C25H46N4O7/c1-4-13-18(24(35)28-19(23(26)34)16-21(32)33)27-25(36)22(17(3)5-2)29-20(31)14-11-9-7-6-8-10-12-15-30/h17-19,22,30H,4-16H2,1-3H3,(H2,26,34)(H,27,36)(H,28,35)(H,29,31)(H,32,33). The molecule has 0 aromatic carbocycles. The van der Waals surface area contributed by atoms with Gasteiger partial charge in [0.25, 0.3) is 0 Å². The van der Waals surface area contributed by atoms with Crippen molar-refractivity contribution in [1.82, 2.24) is 16.0 Å². The molecule has 7 N–H and O–H groups in total. The van der Waals surface area contributed by atoms with Crippen LogP contribution in [0.2, 0.25) is 0 Å². The number of amides is 4. The number of nitrogens with one attached hydrogen (secondary N) is 3. The summed E-state index contributed by atoms with van der Waals surface area (Å²) in [6.07, 6.45) is 7.62. The molecule has 0 saturated carbocycles. The molecule has 4 atom stereocenters. The van der Waals surface area contributed by atoms with E-state index < -0.39 is 48.2 Å². The highest BCUT2D eigenvalue weighted by Crippen LogP contribution is 2.12. The minimum absolute atomic E-state index is 0.184. The number of rotatable bonds is 21. The quantitative estimate of drug-likeness (QED) is 0.125. The van der Waals surface area contributed by atoms with Gasteiger partial charge in [0.15, 0.2) is 0 Å². The Bertz CT molecular complexity index is 702. The Kier molecular flexibility index (Phi) is 18.0. The number of carbonyl (C=O) groups is 5. The molecule has 0 spiro atoms. The minimum Gasteiger partial charge on any atom is -0.481 e. The van der Waals surface area contributed by atoms with Crippen molar-refractivity contribution in [1.29, 1.82) is 0 Å². The zero-order valence-electron chi connectivity index (χ0n) is 22.0. The van der Waals surface area contributed by atoms with Crippen molar-refractivity contribution in [3.05, 3.63) is 0 Å². The van der Waals surface area contributed by atoms with Gasteiger partial charge in [-0.3, -0.25) is 24.0 Å². The molecule has 0 bridgehead atoms. The van der Waals surface area contributed by atoms with Gasteiger partial charge < -0.3 is 31.9 Å². The van der Waals surface area contributed by atoms with Crippen LogP contribution in [-0.4, -0.2) is 64.5 Å². The van der Waals surface area contributed by atoms with Crippen molar-refractivity contribution >= 4 is 29.6 Å². The topological polar surface area (TPSA) is 188 Å². The Hall–Kier alpha value is -2.69. The molecule has 36 heavy (non-hydrogen) atoms. The summed E-state index contributed by atoms with van der Waals surface area (Å²) in [5.41, 5.74) is 5.19. The van der Waals surface area contributed by atoms with Gasteiger partial charge in [-0.15, -0.1) is 0 Å². The lowest BCUT2D eigenvalue weighted by atomic mass is 9.97. The van der Waals surface area contributed by atoms with E-state index in [0.717, 1.165) is 38.5 Å². The first-order valence-electron chi connectivity index (χ1n) is 13.1. The molecule has 0 radical (unpaired) electrons. The second-order valence-electron chi connectivity index (χ2n) is 9.29. The normalized spacial score (nSPS) is 14.2. The molecule has 0 fully saturated rings. The molecule has 208 valence electrons. The van der Waals surface area contributed by atoms with Gasteiger partial charge in [0.1, 0.15) is 18.1 Å². The number of unbranched alkanes of at least 4 members (excludes halogenated alkanes) is 6. The molecule has 0 aliphatic rings. The summed E-state index contributed by atoms with van der Waals surface area (Å²) in [5.74, 6) is -3.91. The van der Waals surface area contributed by atoms with Crippen LogP contribution in [0.1, 0.15) is 97.8 Å². The van der Waals surface area contributed by atoms with Crippen LogP contribution in [0.3, 0.4) is 0 Å². The Balaban J connectivity index is 4.97. The number of aliphatic hydroxyl groups is 1. The van der Waals surface area contributed by atoms with Gasteiger partial charge >= 0.3 is 5.97 Å². The van der Waals surface area contributed by atoms with Crippen LogP contribution in [0.5, 0.6) is 0 Å². The Morgan fingerprint density at radius 2 is 1.36 bits per heavy atom. The number of aliphatic carboxylic acids is 1. The Morgan fingerprint density at radius 3 is 1.86 bits per heavy atom. The zero-order valence-corrected chi connectivity index (χ0v) is 22.0. The number of hydrogen-bond acceptors (Lipinski definition) is 6. The van der Waals surface area contributed by atoms with Gasteiger partial charge in [-0.05, 0) is 25.2 Å². The minimum atomic E-state index is -1.40. The van der Waals surface area contributed by atoms with Crippen molar-refractivity contribution in [2.45, 2.75) is 116 Å². The molecule has 0 aliphatic carbocycles. The lowest BCUT2D eigenvalue weighted by molar-refractivity contribution is -0.140. The highest BCUT2D eigenvalue weighted by Gasteiger charge is 2.31. The Morgan fingerprint density at radius 1 is 0.806 bits per heavy atom. The lowest BCUT2D eigenvalue weighted by Gasteiger charge is -2.27. The van der Waals surface area contributed by atoms with Crippen molar-refractivity contribution in [3.8, 4) is 0 Å². The maximum absolute atomic E-state index is 13.1. The van der Waals surface area contributed by atoms with Gasteiger partial charge in [0.05, 0.1) is 6.42 Å². The average molecular weight is 515 g/mol. The van der Waals surface area contributed by atoms with E-state index in [1.54, 1.807) is 0 Å². The van der Waals surface area contributed by atoms with Crippen LogP contribution in [0, 0.1) is 5.92 Å². The molecule has 11 heteroatoms. The molecular weight excluding hydrogens is 468 g/mol. The van der Waals surface area contributed by atoms with Crippen LogP contribution < -0.4 is 21.7 Å².